The fraction of sp³-hybridized carbons (Fsp3) is 0.818. The van der Waals surface area contributed by atoms with Gasteiger partial charge in [0.25, 0.3) is 0 Å². The molecule has 4 aliphatic carbocycles. The van der Waals surface area contributed by atoms with E-state index in [4.69, 9.17) is 4.74 Å². The summed E-state index contributed by atoms with van der Waals surface area (Å²) in [6, 6.07) is 0. The molecule has 0 spiro atoms. The Labute approximate surface area is 220 Å². The van der Waals surface area contributed by atoms with Crippen molar-refractivity contribution in [3.8, 4) is 0 Å². The maximum Gasteiger partial charge on any atom is 0.313 e. The predicted octanol–water partition coefficient (Wildman–Crippen LogP) is 8.76. The maximum absolute atomic E-state index is 12.6. The van der Waals surface area contributed by atoms with Gasteiger partial charge in [-0.25, -0.2) is 0 Å². The summed E-state index contributed by atoms with van der Waals surface area (Å²) < 4.78 is 5.97. The molecule has 0 aliphatic heterocycles. The number of rotatable bonds is 13. The number of carbonyl (C=O) groups is 2. The van der Waals surface area contributed by atoms with E-state index in [-0.39, 0.29) is 24.3 Å². The molecule has 0 bridgehead atoms. The minimum absolute atomic E-state index is 0.0191. The van der Waals surface area contributed by atoms with Gasteiger partial charge in [0.1, 0.15) is 18.3 Å². The van der Waals surface area contributed by atoms with Crippen LogP contribution in [0.15, 0.2) is 23.3 Å². The lowest BCUT2D eigenvalue weighted by Crippen LogP contribution is -2.39. The van der Waals surface area contributed by atoms with E-state index in [1.165, 1.54) is 77.0 Å². The lowest BCUT2D eigenvalue weighted by molar-refractivity contribution is -0.153. The van der Waals surface area contributed by atoms with Gasteiger partial charge < -0.3 is 4.74 Å². The molecule has 0 heterocycles. The molecule has 0 N–H and O–H groups in total. The van der Waals surface area contributed by atoms with Crippen LogP contribution in [0, 0.1) is 35.5 Å². The second-order valence-electron chi connectivity index (χ2n) is 13.1. The van der Waals surface area contributed by atoms with Crippen molar-refractivity contribution < 1.29 is 14.3 Å². The molecule has 202 valence electrons. The summed E-state index contributed by atoms with van der Waals surface area (Å²) in [6.45, 7) is 6.96. The second-order valence-corrected chi connectivity index (χ2v) is 13.1. The smallest absolute Gasteiger partial charge is 0.313 e. The highest BCUT2D eigenvalue weighted by atomic mass is 16.5. The molecule has 0 amide bonds. The number of Topliss-reactive ketones (excluding diaryl/α,β-unsaturated/α-hetero) is 1. The van der Waals surface area contributed by atoms with Gasteiger partial charge in [-0.1, -0.05) is 77.0 Å². The van der Waals surface area contributed by atoms with E-state index in [1.807, 2.05) is 0 Å². The van der Waals surface area contributed by atoms with Crippen molar-refractivity contribution in [2.75, 3.05) is 0 Å². The first kappa shape index (κ1) is 27.6. The molecule has 0 aromatic heterocycles. The molecular weight excluding hydrogens is 444 g/mol. The number of ether oxygens (including phenoxy) is 1. The maximum atomic E-state index is 12.6. The van der Waals surface area contributed by atoms with Crippen LogP contribution in [0.5, 0.6) is 0 Å². The van der Waals surface area contributed by atoms with Crippen molar-refractivity contribution in [3.05, 3.63) is 23.3 Å². The zero-order valence-electron chi connectivity index (χ0n) is 23.4. The summed E-state index contributed by atoms with van der Waals surface area (Å²) >= 11 is 0. The molecule has 0 saturated heterocycles. The van der Waals surface area contributed by atoms with E-state index in [0.717, 1.165) is 42.9 Å². The summed E-state index contributed by atoms with van der Waals surface area (Å²) in [5.41, 5.74) is 3.40. The Morgan fingerprint density at radius 3 is 2.50 bits per heavy atom. The Bertz CT molecular complexity index is 806. The van der Waals surface area contributed by atoms with E-state index in [0.29, 0.717) is 18.3 Å². The molecule has 4 aliphatic rings. The van der Waals surface area contributed by atoms with E-state index in [9.17, 15) is 9.59 Å². The fourth-order valence-corrected chi connectivity index (χ4v) is 7.98. The highest BCUT2D eigenvalue weighted by Gasteiger charge is 2.49. The van der Waals surface area contributed by atoms with E-state index in [2.05, 4.69) is 32.9 Å². The van der Waals surface area contributed by atoms with Crippen LogP contribution in [0.4, 0.5) is 0 Å². The van der Waals surface area contributed by atoms with Crippen LogP contribution in [-0.2, 0) is 14.3 Å². The monoisotopic (exact) mass is 496 g/mol. The number of hydrogen-bond acceptors (Lipinski definition) is 3. The lowest BCUT2D eigenvalue weighted by atomic mass is 9.59. The van der Waals surface area contributed by atoms with Gasteiger partial charge in [0.15, 0.2) is 0 Å². The molecule has 2 saturated carbocycles. The van der Waals surface area contributed by atoms with Gasteiger partial charge in [-0.05, 0) is 98.9 Å². The molecule has 4 rings (SSSR count). The number of unbranched alkanes of at least 4 members (excludes halogenated alkanes) is 3. The van der Waals surface area contributed by atoms with Gasteiger partial charge in [-0.2, -0.15) is 0 Å². The van der Waals surface area contributed by atoms with Crippen molar-refractivity contribution in [1.29, 1.82) is 0 Å². The summed E-state index contributed by atoms with van der Waals surface area (Å²) in [5.74, 6) is 4.22. The molecule has 0 aromatic carbocycles. The first-order valence-electron chi connectivity index (χ1n) is 15.5. The Balaban J connectivity index is 1.11. The number of carbonyl (C=O) groups excluding carboxylic acids is 2. The first-order chi connectivity index (χ1) is 17.4. The normalized spacial score (nSPS) is 30.1. The third-order valence-corrected chi connectivity index (χ3v) is 9.96. The molecule has 2 fully saturated rings. The SMILES string of the molecule is CC(C)CC[C@H](C)CCCCCCC(=O)CC(=O)O[C@H]1CC[C@H]2[C@H]3CCC4=C(CCC=C4)[C@H]3CC[C@@H]21. The van der Waals surface area contributed by atoms with Crippen LogP contribution in [-0.4, -0.2) is 17.9 Å². The molecule has 6 atom stereocenters. The van der Waals surface area contributed by atoms with Gasteiger partial charge >= 0.3 is 5.97 Å². The van der Waals surface area contributed by atoms with Crippen molar-refractivity contribution in [2.45, 2.75) is 136 Å². The Kier molecular flexibility index (Phi) is 10.3. The van der Waals surface area contributed by atoms with Crippen molar-refractivity contribution in [2.24, 2.45) is 35.5 Å². The third kappa shape index (κ3) is 7.35. The van der Waals surface area contributed by atoms with E-state index >= 15 is 0 Å². The standard InChI is InChI=1S/C33H52O3/c1-23(2)14-15-24(3)10-6-4-5-7-12-26(34)22-33(35)36-32-21-20-30-29-17-16-25-11-8-9-13-27(25)28(29)18-19-31(30)32/h8,11,23-24,28-32H,4-7,9-10,12-22H2,1-3H3/t24-,28-,29+,30+,31+,32+/m1/s1. The average Bonchev–Trinajstić information content (AvgIpc) is 3.27. The Hall–Kier alpha value is -1.38. The van der Waals surface area contributed by atoms with Gasteiger partial charge in [0.2, 0.25) is 0 Å². The van der Waals surface area contributed by atoms with Crippen LogP contribution in [0.1, 0.15) is 130 Å². The van der Waals surface area contributed by atoms with Gasteiger partial charge in [-0.15, -0.1) is 0 Å². The lowest BCUT2D eigenvalue weighted by Gasteiger charge is -2.46. The predicted molar refractivity (Wildman–Crippen MR) is 148 cm³/mol. The highest BCUT2D eigenvalue weighted by molar-refractivity contribution is 5.95. The molecule has 0 radical (unpaired) electrons. The molecular formula is C33H52O3. The average molecular weight is 497 g/mol. The number of fused-ring (bicyclic) bond motifs is 4. The summed E-state index contributed by atoms with van der Waals surface area (Å²) in [6.07, 6.45) is 23.4. The topological polar surface area (TPSA) is 43.4 Å². The quantitative estimate of drug-likeness (QED) is 0.145. The summed E-state index contributed by atoms with van der Waals surface area (Å²) in [7, 11) is 0. The Morgan fingerprint density at radius 2 is 1.67 bits per heavy atom. The zero-order valence-corrected chi connectivity index (χ0v) is 23.4. The summed E-state index contributed by atoms with van der Waals surface area (Å²) in [5, 5.41) is 0. The van der Waals surface area contributed by atoms with Crippen LogP contribution in [0.25, 0.3) is 0 Å². The van der Waals surface area contributed by atoms with Crippen LogP contribution in [0.3, 0.4) is 0 Å². The number of ketones is 1. The fourth-order valence-electron chi connectivity index (χ4n) is 7.98. The van der Waals surface area contributed by atoms with Crippen molar-refractivity contribution in [3.63, 3.8) is 0 Å². The van der Waals surface area contributed by atoms with Gasteiger partial charge in [-0.3, -0.25) is 9.59 Å². The molecule has 36 heavy (non-hydrogen) atoms. The summed E-state index contributed by atoms with van der Waals surface area (Å²) in [4.78, 5) is 25.0. The number of esters is 1. The van der Waals surface area contributed by atoms with Crippen molar-refractivity contribution >= 4 is 11.8 Å². The number of hydrogen-bond donors (Lipinski definition) is 0. The highest BCUT2D eigenvalue weighted by Crippen LogP contribution is 2.55. The number of allylic oxidation sites excluding steroid dienone is 4. The molecule has 3 nitrogen and oxygen atoms in total. The largest absolute Gasteiger partial charge is 0.462 e. The molecule has 3 heteroatoms. The first-order valence-corrected chi connectivity index (χ1v) is 15.5. The van der Waals surface area contributed by atoms with Gasteiger partial charge in [0.05, 0.1) is 0 Å². The van der Waals surface area contributed by atoms with Crippen LogP contribution >= 0.6 is 0 Å². The molecule has 0 unspecified atom stereocenters. The van der Waals surface area contributed by atoms with Crippen molar-refractivity contribution in [1.82, 2.24) is 0 Å². The third-order valence-electron chi connectivity index (χ3n) is 9.96. The minimum Gasteiger partial charge on any atom is -0.462 e. The Morgan fingerprint density at radius 1 is 0.861 bits per heavy atom. The van der Waals surface area contributed by atoms with Crippen LogP contribution < -0.4 is 0 Å². The van der Waals surface area contributed by atoms with Crippen LogP contribution in [0.2, 0.25) is 0 Å². The van der Waals surface area contributed by atoms with Gasteiger partial charge in [0, 0.05) is 6.42 Å². The van der Waals surface area contributed by atoms with E-state index in [1.54, 1.807) is 11.1 Å². The zero-order chi connectivity index (χ0) is 25.5. The second kappa shape index (κ2) is 13.4. The minimum atomic E-state index is -0.266. The molecule has 0 aromatic rings. The van der Waals surface area contributed by atoms with E-state index < -0.39 is 0 Å².